The second-order valence-electron chi connectivity index (χ2n) is 4.47. The summed E-state index contributed by atoms with van der Waals surface area (Å²) < 4.78 is 10.8. The Kier molecular flexibility index (Phi) is 8.02. The lowest BCUT2D eigenvalue weighted by Gasteiger charge is -2.13. The number of aromatic nitrogens is 1. The topological polar surface area (TPSA) is 43.4 Å². The van der Waals surface area contributed by atoms with Gasteiger partial charge in [-0.2, -0.15) is 0 Å². The van der Waals surface area contributed by atoms with Crippen LogP contribution in [0.1, 0.15) is 18.2 Å². The molecule has 6 heteroatoms. The molecule has 0 fully saturated rings. The lowest BCUT2D eigenvalue weighted by molar-refractivity contribution is -0.00000508. The number of halogens is 2. The molecule has 0 radical (unpaired) electrons. The molecular weight excluding hydrogens is 323 g/mol. The number of ether oxygens (including phenoxy) is 2. The van der Waals surface area contributed by atoms with Crippen molar-refractivity contribution in [2.45, 2.75) is 20.0 Å². The molecule has 120 valence electrons. The molecule has 22 heavy (non-hydrogen) atoms. The van der Waals surface area contributed by atoms with Crippen LogP contribution in [0.5, 0.6) is 11.5 Å². The van der Waals surface area contributed by atoms with Gasteiger partial charge in [0.1, 0.15) is 0 Å². The minimum atomic E-state index is 0. The van der Waals surface area contributed by atoms with Gasteiger partial charge in [-0.15, -0.1) is 0 Å². The summed E-state index contributed by atoms with van der Waals surface area (Å²) >= 11 is 6.22. The summed E-state index contributed by atoms with van der Waals surface area (Å²) in [5, 5.41) is 3.89. The maximum absolute atomic E-state index is 6.22. The first-order valence-electron chi connectivity index (χ1n) is 6.84. The van der Waals surface area contributed by atoms with E-state index in [0.717, 1.165) is 11.3 Å². The Balaban J connectivity index is 0.00000242. The largest absolute Gasteiger partial charge is 1.00 e. The number of benzene rings is 1. The highest BCUT2D eigenvalue weighted by Gasteiger charge is 2.11. The third kappa shape index (κ3) is 5.05. The molecule has 2 rings (SSSR count). The molecular formula is C16H19Cl2N2O2-. The standard InChI is InChI=1S/C16H19ClN2O2.ClH/c1-3-21-15-9-12(8-14(17)16(15)20-2)10-18-11-13-6-4-5-7-19-13;/h4-9,18H,3,10-11H2,1-2H3;1H/p-1. The van der Waals surface area contributed by atoms with E-state index in [1.54, 1.807) is 13.3 Å². The van der Waals surface area contributed by atoms with Crippen LogP contribution in [0.3, 0.4) is 0 Å². The highest BCUT2D eigenvalue weighted by atomic mass is 35.5. The number of methoxy groups -OCH3 is 1. The Morgan fingerprint density at radius 3 is 2.68 bits per heavy atom. The number of pyridine rings is 1. The second kappa shape index (κ2) is 9.51. The highest BCUT2D eigenvalue weighted by molar-refractivity contribution is 6.32. The van der Waals surface area contributed by atoms with Crippen molar-refractivity contribution in [3.05, 3.63) is 52.8 Å². The molecule has 0 spiro atoms. The van der Waals surface area contributed by atoms with Crippen LogP contribution in [0.15, 0.2) is 36.5 Å². The summed E-state index contributed by atoms with van der Waals surface area (Å²) in [6.07, 6.45) is 1.79. The van der Waals surface area contributed by atoms with Crippen LogP contribution in [-0.2, 0) is 13.1 Å². The van der Waals surface area contributed by atoms with E-state index in [0.29, 0.717) is 36.2 Å². The molecule has 0 bridgehead atoms. The molecule has 4 nitrogen and oxygen atoms in total. The molecule has 1 heterocycles. The van der Waals surface area contributed by atoms with E-state index in [4.69, 9.17) is 21.1 Å². The molecule has 0 saturated carbocycles. The Morgan fingerprint density at radius 1 is 1.23 bits per heavy atom. The minimum Gasteiger partial charge on any atom is -1.00 e. The van der Waals surface area contributed by atoms with Gasteiger partial charge in [0.05, 0.1) is 24.4 Å². The maximum atomic E-state index is 6.22. The summed E-state index contributed by atoms with van der Waals surface area (Å²) in [6, 6.07) is 9.69. The smallest absolute Gasteiger partial charge is 0.179 e. The van der Waals surface area contributed by atoms with E-state index in [1.807, 2.05) is 37.3 Å². The van der Waals surface area contributed by atoms with Gasteiger partial charge in [-0.25, -0.2) is 0 Å². The van der Waals surface area contributed by atoms with E-state index in [-0.39, 0.29) is 12.4 Å². The quantitative estimate of drug-likeness (QED) is 0.793. The van der Waals surface area contributed by atoms with Crippen LogP contribution >= 0.6 is 11.6 Å². The number of rotatable bonds is 7. The fourth-order valence-electron chi connectivity index (χ4n) is 2.02. The molecule has 2 aromatic rings. The molecule has 0 unspecified atom stereocenters. The number of hydrogen-bond acceptors (Lipinski definition) is 4. The monoisotopic (exact) mass is 341 g/mol. The Bertz CT molecular complexity index is 580. The molecule has 0 aliphatic heterocycles. The first-order valence-corrected chi connectivity index (χ1v) is 7.22. The van der Waals surface area contributed by atoms with Crippen molar-refractivity contribution in [3.8, 4) is 11.5 Å². The van der Waals surface area contributed by atoms with Crippen molar-refractivity contribution in [3.63, 3.8) is 0 Å². The molecule has 0 saturated heterocycles. The average molecular weight is 342 g/mol. The van der Waals surface area contributed by atoms with Gasteiger partial charge in [0, 0.05) is 19.3 Å². The summed E-state index contributed by atoms with van der Waals surface area (Å²) in [6.45, 7) is 3.88. The fourth-order valence-corrected chi connectivity index (χ4v) is 2.33. The molecule has 1 aromatic carbocycles. The summed E-state index contributed by atoms with van der Waals surface area (Å²) in [4.78, 5) is 4.27. The Morgan fingerprint density at radius 2 is 2.05 bits per heavy atom. The van der Waals surface area contributed by atoms with Crippen LogP contribution in [0, 0.1) is 0 Å². The molecule has 0 aliphatic rings. The molecule has 0 atom stereocenters. The molecule has 0 amide bonds. The van der Waals surface area contributed by atoms with Crippen LogP contribution < -0.4 is 27.2 Å². The van der Waals surface area contributed by atoms with Gasteiger partial charge in [0.15, 0.2) is 11.5 Å². The van der Waals surface area contributed by atoms with Crippen molar-refractivity contribution in [2.24, 2.45) is 0 Å². The van der Waals surface area contributed by atoms with Crippen molar-refractivity contribution in [2.75, 3.05) is 13.7 Å². The van der Waals surface area contributed by atoms with E-state index in [1.165, 1.54) is 0 Å². The molecule has 1 aromatic heterocycles. The number of nitrogens with one attached hydrogen (secondary N) is 1. The van der Waals surface area contributed by atoms with Crippen molar-refractivity contribution < 1.29 is 21.9 Å². The third-order valence-electron chi connectivity index (χ3n) is 2.93. The van der Waals surface area contributed by atoms with Crippen LogP contribution in [0.2, 0.25) is 5.02 Å². The van der Waals surface area contributed by atoms with E-state index >= 15 is 0 Å². The van der Waals surface area contributed by atoms with Crippen LogP contribution in [0.25, 0.3) is 0 Å². The van der Waals surface area contributed by atoms with Gasteiger partial charge in [0.25, 0.3) is 0 Å². The number of hydrogen-bond donors (Lipinski definition) is 1. The van der Waals surface area contributed by atoms with Gasteiger partial charge in [-0.3, -0.25) is 4.98 Å². The van der Waals surface area contributed by atoms with Gasteiger partial charge in [0.2, 0.25) is 0 Å². The van der Waals surface area contributed by atoms with Crippen LogP contribution in [0.4, 0.5) is 0 Å². The summed E-state index contributed by atoms with van der Waals surface area (Å²) in [5.41, 5.74) is 2.04. The Hall–Kier alpha value is -1.49. The highest BCUT2D eigenvalue weighted by Crippen LogP contribution is 2.36. The first kappa shape index (κ1) is 18.6. The summed E-state index contributed by atoms with van der Waals surface area (Å²) in [7, 11) is 1.59. The minimum absolute atomic E-state index is 0. The maximum Gasteiger partial charge on any atom is 0.179 e. The second-order valence-corrected chi connectivity index (χ2v) is 4.87. The molecule has 1 N–H and O–H groups in total. The van der Waals surface area contributed by atoms with Gasteiger partial charge >= 0.3 is 0 Å². The van der Waals surface area contributed by atoms with Gasteiger partial charge in [-0.05, 0) is 36.8 Å². The number of nitrogens with zero attached hydrogens (tertiary/aromatic N) is 1. The Labute approximate surface area is 142 Å². The van der Waals surface area contributed by atoms with E-state index < -0.39 is 0 Å². The predicted molar refractivity (Wildman–Crippen MR) is 84.0 cm³/mol. The van der Waals surface area contributed by atoms with Crippen LogP contribution in [-0.4, -0.2) is 18.7 Å². The van der Waals surface area contributed by atoms with Gasteiger partial charge < -0.3 is 27.2 Å². The zero-order valence-corrected chi connectivity index (χ0v) is 14.1. The lowest BCUT2D eigenvalue weighted by atomic mass is 10.2. The zero-order chi connectivity index (χ0) is 15.1. The lowest BCUT2D eigenvalue weighted by Crippen LogP contribution is -3.00. The van der Waals surface area contributed by atoms with Crippen molar-refractivity contribution in [1.29, 1.82) is 0 Å². The predicted octanol–water partition coefficient (Wildman–Crippen LogP) is 0.436. The van der Waals surface area contributed by atoms with E-state index in [9.17, 15) is 0 Å². The zero-order valence-electron chi connectivity index (χ0n) is 12.6. The van der Waals surface area contributed by atoms with Crippen molar-refractivity contribution in [1.82, 2.24) is 10.3 Å². The average Bonchev–Trinajstić information content (AvgIpc) is 2.48. The van der Waals surface area contributed by atoms with Crippen molar-refractivity contribution >= 4 is 11.6 Å². The fraction of sp³-hybridized carbons (Fsp3) is 0.312. The SMILES string of the molecule is CCOc1cc(CNCc2ccccn2)cc(Cl)c1OC.[Cl-]. The third-order valence-corrected chi connectivity index (χ3v) is 3.22. The van der Waals surface area contributed by atoms with Gasteiger partial charge in [-0.1, -0.05) is 17.7 Å². The normalized spacial score (nSPS) is 9.95. The van der Waals surface area contributed by atoms with E-state index in [2.05, 4.69) is 10.3 Å². The summed E-state index contributed by atoms with van der Waals surface area (Å²) in [5.74, 6) is 1.24. The first-order chi connectivity index (χ1) is 10.2. The molecule has 0 aliphatic carbocycles.